The Morgan fingerprint density at radius 1 is 1.00 bits per heavy atom. The van der Waals surface area contributed by atoms with Crippen LogP contribution in [0.2, 0.25) is 0 Å². The Hall–Kier alpha value is -1.53. The number of hydrogen-bond acceptors (Lipinski definition) is 2. The topological polar surface area (TPSA) is 12.5 Å². The Morgan fingerprint density at radius 2 is 1.68 bits per heavy atom. The van der Waals surface area contributed by atoms with Gasteiger partial charge in [0.2, 0.25) is 0 Å². The van der Waals surface area contributed by atoms with E-state index in [0.29, 0.717) is 6.54 Å². The van der Waals surface area contributed by atoms with E-state index in [1.54, 1.807) is 12.1 Å². The predicted molar refractivity (Wildman–Crippen MR) is 80.2 cm³/mol. The van der Waals surface area contributed by atoms with Crippen molar-refractivity contribution >= 4 is 15.9 Å². The second-order valence-corrected chi connectivity index (χ2v) is 6.17. The van der Waals surface area contributed by atoms with Gasteiger partial charge in [-0.05, 0) is 41.0 Å². The van der Waals surface area contributed by atoms with Gasteiger partial charge in [-0.1, -0.05) is 34.1 Å². The highest BCUT2D eigenvalue weighted by Gasteiger charge is 2.31. The Morgan fingerprint density at radius 3 is 2.36 bits per heavy atom. The molecule has 3 rings (SSSR count). The maximum absolute atomic E-state index is 12.1. The lowest BCUT2D eigenvalue weighted by molar-refractivity contribution is -0.274. The van der Waals surface area contributed by atoms with Gasteiger partial charge < -0.3 is 4.74 Å². The van der Waals surface area contributed by atoms with Crippen molar-refractivity contribution in [3.63, 3.8) is 0 Å². The third-order valence-electron chi connectivity index (χ3n) is 3.52. The Kier molecular flexibility index (Phi) is 4.14. The van der Waals surface area contributed by atoms with Crippen molar-refractivity contribution in [2.75, 3.05) is 0 Å². The summed E-state index contributed by atoms with van der Waals surface area (Å²) in [4.78, 5) is 2.25. The number of nitrogens with zero attached hydrogens (tertiary/aromatic N) is 1. The van der Waals surface area contributed by atoms with E-state index in [1.165, 1.54) is 23.3 Å². The van der Waals surface area contributed by atoms with Crippen molar-refractivity contribution in [3.8, 4) is 5.75 Å². The van der Waals surface area contributed by atoms with E-state index < -0.39 is 6.36 Å². The minimum absolute atomic E-state index is 0.190. The highest BCUT2D eigenvalue weighted by atomic mass is 79.9. The lowest BCUT2D eigenvalue weighted by atomic mass is 10.1. The van der Waals surface area contributed by atoms with Crippen LogP contribution in [0.25, 0.3) is 0 Å². The molecule has 2 aromatic carbocycles. The summed E-state index contributed by atoms with van der Waals surface area (Å²) in [7, 11) is 0. The molecule has 2 nitrogen and oxygen atoms in total. The lowest BCUT2D eigenvalue weighted by Gasteiger charge is -2.15. The molecule has 0 aromatic heterocycles. The first-order valence-electron chi connectivity index (χ1n) is 6.73. The smallest absolute Gasteiger partial charge is 0.406 e. The number of alkyl halides is 3. The van der Waals surface area contributed by atoms with Crippen LogP contribution in [0.3, 0.4) is 0 Å². The van der Waals surface area contributed by atoms with Crippen molar-refractivity contribution in [1.82, 2.24) is 4.90 Å². The Bertz CT molecular complexity index is 670. The number of fused-ring (bicyclic) bond motifs is 1. The molecule has 0 aliphatic carbocycles. The largest absolute Gasteiger partial charge is 0.573 e. The molecule has 1 aliphatic rings. The maximum atomic E-state index is 12.1. The average molecular weight is 372 g/mol. The zero-order chi connectivity index (χ0) is 15.7. The molecule has 0 atom stereocenters. The van der Waals surface area contributed by atoms with Crippen LogP contribution in [0.15, 0.2) is 46.9 Å². The fraction of sp³-hybridized carbons (Fsp3) is 0.250. The molecule has 6 heteroatoms. The average Bonchev–Trinajstić information content (AvgIpc) is 2.80. The second kappa shape index (κ2) is 5.93. The van der Waals surface area contributed by atoms with E-state index in [-0.39, 0.29) is 5.75 Å². The van der Waals surface area contributed by atoms with Crippen molar-refractivity contribution in [2.45, 2.75) is 26.0 Å². The monoisotopic (exact) mass is 371 g/mol. The van der Waals surface area contributed by atoms with Gasteiger partial charge in [-0.2, -0.15) is 0 Å². The van der Waals surface area contributed by atoms with E-state index in [4.69, 9.17) is 0 Å². The lowest BCUT2D eigenvalue weighted by Crippen LogP contribution is -2.17. The van der Waals surface area contributed by atoms with Gasteiger partial charge in [0.1, 0.15) is 5.75 Å². The van der Waals surface area contributed by atoms with Crippen LogP contribution in [-0.2, 0) is 19.6 Å². The molecule has 0 spiro atoms. The Labute approximate surface area is 134 Å². The summed E-state index contributed by atoms with van der Waals surface area (Å²) in [6, 6.07) is 12.3. The number of hydrogen-bond donors (Lipinski definition) is 0. The summed E-state index contributed by atoms with van der Waals surface area (Å²) in [6.07, 6.45) is -4.65. The highest BCUT2D eigenvalue weighted by molar-refractivity contribution is 9.10. The minimum atomic E-state index is -4.65. The van der Waals surface area contributed by atoms with Gasteiger partial charge >= 0.3 is 6.36 Å². The summed E-state index contributed by atoms with van der Waals surface area (Å²) in [5, 5.41) is 0. The summed E-state index contributed by atoms with van der Waals surface area (Å²) in [5.74, 6) is -0.190. The third kappa shape index (κ3) is 3.81. The molecule has 0 unspecified atom stereocenters. The van der Waals surface area contributed by atoms with Crippen molar-refractivity contribution in [2.24, 2.45) is 0 Å². The third-order valence-corrected chi connectivity index (χ3v) is 4.01. The molecule has 2 aromatic rings. The van der Waals surface area contributed by atoms with Crippen molar-refractivity contribution in [3.05, 3.63) is 63.6 Å². The van der Waals surface area contributed by atoms with Crippen LogP contribution >= 0.6 is 15.9 Å². The van der Waals surface area contributed by atoms with Gasteiger partial charge in [-0.3, -0.25) is 4.90 Å². The molecule has 0 bridgehead atoms. The van der Waals surface area contributed by atoms with Crippen LogP contribution in [0.4, 0.5) is 13.2 Å². The van der Waals surface area contributed by atoms with Crippen LogP contribution in [-0.4, -0.2) is 11.3 Å². The number of halogens is 4. The van der Waals surface area contributed by atoms with Gasteiger partial charge in [0.05, 0.1) is 0 Å². The second-order valence-electron chi connectivity index (χ2n) is 5.25. The quantitative estimate of drug-likeness (QED) is 0.763. The zero-order valence-corrected chi connectivity index (χ0v) is 13.1. The zero-order valence-electron chi connectivity index (χ0n) is 11.5. The van der Waals surface area contributed by atoms with Crippen molar-refractivity contribution < 1.29 is 17.9 Å². The predicted octanol–water partition coefficient (Wildman–Crippen LogP) is 4.86. The SMILES string of the molecule is FC(F)(F)Oc1ccc(CN2Cc3ccc(Br)cc3C2)cc1. The van der Waals surface area contributed by atoms with E-state index in [9.17, 15) is 13.2 Å². The first kappa shape index (κ1) is 15.4. The molecule has 0 fully saturated rings. The number of rotatable bonds is 3. The summed E-state index contributed by atoms with van der Waals surface area (Å²) < 4.78 is 41.3. The van der Waals surface area contributed by atoms with Crippen molar-refractivity contribution in [1.29, 1.82) is 0 Å². The molecule has 0 saturated heterocycles. The molecule has 0 saturated carbocycles. The first-order valence-corrected chi connectivity index (χ1v) is 7.53. The van der Waals surface area contributed by atoms with E-state index >= 15 is 0 Å². The molecule has 0 amide bonds. The summed E-state index contributed by atoms with van der Waals surface area (Å²) >= 11 is 3.46. The van der Waals surface area contributed by atoms with Gasteiger partial charge in [0.25, 0.3) is 0 Å². The number of benzene rings is 2. The van der Waals surface area contributed by atoms with Crippen LogP contribution in [0.5, 0.6) is 5.75 Å². The molecule has 1 aliphatic heterocycles. The molecule has 0 N–H and O–H groups in total. The standard InChI is InChI=1S/C16H13BrF3NO/c17-14-4-3-12-9-21(10-13(12)7-14)8-11-1-5-15(6-2-11)22-16(18,19)20/h1-7H,8-10H2. The van der Waals surface area contributed by atoms with Crippen LogP contribution in [0.1, 0.15) is 16.7 Å². The molecule has 22 heavy (non-hydrogen) atoms. The first-order chi connectivity index (χ1) is 10.4. The van der Waals surface area contributed by atoms with Gasteiger partial charge in [0.15, 0.2) is 0 Å². The molecule has 0 radical (unpaired) electrons. The van der Waals surface area contributed by atoms with Crippen LogP contribution in [0, 0.1) is 0 Å². The molecule has 1 heterocycles. The molecule has 116 valence electrons. The van der Waals surface area contributed by atoms with Crippen LogP contribution < -0.4 is 4.74 Å². The Balaban J connectivity index is 1.63. The summed E-state index contributed by atoms with van der Waals surface area (Å²) in [5.41, 5.74) is 3.54. The van der Waals surface area contributed by atoms with E-state index in [1.807, 2.05) is 6.07 Å². The van der Waals surface area contributed by atoms with E-state index in [0.717, 1.165) is 23.1 Å². The normalized spacial score (nSPS) is 14.9. The maximum Gasteiger partial charge on any atom is 0.573 e. The van der Waals surface area contributed by atoms with Gasteiger partial charge in [0, 0.05) is 24.1 Å². The fourth-order valence-electron chi connectivity index (χ4n) is 2.60. The molecular formula is C16H13BrF3NO. The summed E-state index contributed by atoms with van der Waals surface area (Å²) in [6.45, 7) is 2.39. The minimum Gasteiger partial charge on any atom is -0.406 e. The van der Waals surface area contributed by atoms with Gasteiger partial charge in [-0.15, -0.1) is 13.2 Å². The van der Waals surface area contributed by atoms with Gasteiger partial charge in [-0.25, -0.2) is 0 Å². The molecular weight excluding hydrogens is 359 g/mol. The fourth-order valence-corrected chi connectivity index (χ4v) is 3.01. The number of ether oxygens (including phenoxy) is 1. The van der Waals surface area contributed by atoms with E-state index in [2.05, 4.69) is 37.7 Å². The highest BCUT2D eigenvalue weighted by Crippen LogP contribution is 2.28.